The maximum Gasteiger partial charge on any atom is 0.229 e. The van der Waals surface area contributed by atoms with E-state index in [9.17, 15) is 4.79 Å². The van der Waals surface area contributed by atoms with Crippen LogP contribution in [0.15, 0.2) is 0 Å². The Morgan fingerprint density at radius 2 is 2.21 bits per heavy atom. The fraction of sp³-hybridized carbons (Fsp3) is 0.909. The molecule has 114 valence electrons. The van der Waals surface area contributed by atoms with Crippen molar-refractivity contribution < 1.29 is 22.8 Å². The number of hydrogen-bond donors (Lipinski definition) is 3. The van der Waals surface area contributed by atoms with Crippen molar-refractivity contribution in [3.8, 4) is 0 Å². The van der Waals surface area contributed by atoms with E-state index in [0.29, 0.717) is 25.5 Å². The van der Waals surface area contributed by atoms with E-state index in [1.807, 2.05) is 29.9 Å². The first-order chi connectivity index (χ1) is 9.10. The number of aliphatic hydroxyl groups excluding tert-OH is 2. The molecule has 0 fully saturated rings. The maximum atomic E-state index is 11.4. The lowest BCUT2D eigenvalue weighted by Crippen LogP contribution is -2.29. The Bertz CT molecular complexity index is 235. The first-order valence-corrected chi connectivity index (χ1v) is 8.12. The number of carbonyl (C=O) groups is 1. The van der Waals surface area contributed by atoms with Gasteiger partial charge in [0, 0.05) is 12.3 Å². The first-order valence-electron chi connectivity index (χ1n) is 6.08. The van der Waals surface area contributed by atoms with Gasteiger partial charge in [-0.25, -0.2) is 0 Å². The fourth-order valence-electron chi connectivity index (χ4n) is 1.17. The number of amides is 1. The van der Waals surface area contributed by atoms with Gasteiger partial charge in [-0.05, 0) is 13.3 Å². The minimum Gasteiger partial charge on any atom is -0.394 e. The summed E-state index contributed by atoms with van der Waals surface area (Å²) in [6.45, 7) is 3.35. The number of hydrogen-bond acceptors (Lipinski definition) is 6. The number of thioether (sulfide) groups is 1. The van der Waals surface area contributed by atoms with Gasteiger partial charge >= 0.3 is 0 Å². The summed E-state index contributed by atoms with van der Waals surface area (Å²) in [4.78, 5) is 11.4. The smallest absolute Gasteiger partial charge is 0.229 e. The minimum atomic E-state index is -0.758. The van der Waals surface area contributed by atoms with Gasteiger partial charge < -0.3 is 23.3 Å². The van der Waals surface area contributed by atoms with Crippen molar-refractivity contribution in [3.63, 3.8) is 0 Å². The molecule has 0 bridgehead atoms. The molecule has 19 heavy (non-hydrogen) atoms. The van der Waals surface area contributed by atoms with Gasteiger partial charge in [0.2, 0.25) is 5.91 Å². The zero-order chi connectivity index (χ0) is 14.5. The van der Waals surface area contributed by atoms with Gasteiger partial charge in [0.1, 0.15) is 23.0 Å². The standard InChI is InChI=1S/C11H22INO5S/c1-9(17-4-5-18-12)2-3-13-11(16)8-19-7-10(15)6-14/h9-10,14-15H,2-8H2,1H3,(H,13,16). The Balaban J connectivity index is 3.42. The van der Waals surface area contributed by atoms with E-state index in [1.165, 1.54) is 11.8 Å². The van der Waals surface area contributed by atoms with Crippen LogP contribution in [0.2, 0.25) is 0 Å². The monoisotopic (exact) mass is 407 g/mol. The normalized spacial score (nSPS) is 14.1. The summed E-state index contributed by atoms with van der Waals surface area (Å²) in [5.74, 6) is 0.576. The summed E-state index contributed by atoms with van der Waals surface area (Å²) in [6.07, 6.45) is 0.0683. The predicted molar refractivity (Wildman–Crippen MR) is 83.4 cm³/mol. The average Bonchev–Trinajstić information content (AvgIpc) is 2.38. The summed E-state index contributed by atoms with van der Waals surface area (Å²) < 4.78 is 10.3. The maximum absolute atomic E-state index is 11.4. The molecule has 0 aliphatic rings. The molecule has 1 amide bonds. The van der Waals surface area contributed by atoms with Crippen LogP contribution in [0.5, 0.6) is 0 Å². The second-order valence-electron chi connectivity index (χ2n) is 3.98. The summed E-state index contributed by atoms with van der Waals surface area (Å²) in [5.41, 5.74) is 0. The van der Waals surface area contributed by atoms with Crippen molar-refractivity contribution in [2.75, 3.05) is 37.9 Å². The van der Waals surface area contributed by atoms with Crippen LogP contribution in [-0.2, 0) is 12.6 Å². The molecule has 0 aromatic heterocycles. The van der Waals surface area contributed by atoms with Gasteiger partial charge in [-0.1, -0.05) is 0 Å². The molecule has 2 unspecified atom stereocenters. The molecule has 0 rings (SSSR count). The molecule has 0 aromatic rings. The molecule has 3 N–H and O–H groups in total. The third kappa shape index (κ3) is 13.1. The van der Waals surface area contributed by atoms with Crippen LogP contribution >= 0.6 is 34.8 Å². The largest absolute Gasteiger partial charge is 0.394 e. The molecule has 0 saturated carbocycles. The second kappa shape index (κ2) is 13.4. The van der Waals surface area contributed by atoms with Crippen molar-refractivity contribution >= 4 is 40.7 Å². The van der Waals surface area contributed by atoms with E-state index in [1.54, 1.807) is 0 Å². The summed E-state index contributed by atoms with van der Waals surface area (Å²) in [7, 11) is 0. The minimum absolute atomic E-state index is 0.0714. The van der Waals surface area contributed by atoms with Crippen molar-refractivity contribution in [2.24, 2.45) is 0 Å². The number of ether oxygens (including phenoxy) is 1. The van der Waals surface area contributed by atoms with E-state index in [4.69, 9.17) is 18.0 Å². The van der Waals surface area contributed by atoms with Crippen LogP contribution in [-0.4, -0.2) is 66.2 Å². The molecule has 0 saturated heterocycles. The molecule has 2 atom stereocenters. The van der Waals surface area contributed by atoms with E-state index in [2.05, 4.69) is 5.32 Å². The molecule has 0 radical (unpaired) electrons. The summed E-state index contributed by atoms with van der Waals surface area (Å²) >= 11 is 3.12. The molecule has 0 heterocycles. The summed E-state index contributed by atoms with van der Waals surface area (Å²) in [5, 5.41) is 20.5. The highest BCUT2D eigenvalue weighted by Crippen LogP contribution is 2.02. The van der Waals surface area contributed by atoms with Crippen LogP contribution in [0, 0.1) is 0 Å². The molecular formula is C11H22INO5S. The van der Waals surface area contributed by atoms with Gasteiger partial charge in [0.25, 0.3) is 0 Å². The number of rotatable bonds is 12. The Hall–Kier alpha value is 0.390. The molecule has 0 aromatic carbocycles. The fourth-order valence-corrected chi connectivity index (χ4v) is 2.13. The van der Waals surface area contributed by atoms with Gasteiger partial charge in [-0.15, -0.1) is 11.8 Å². The zero-order valence-corrected chi connectivity index (χ0v) is 14.0. The van der Waals surface area contributed by atoms with Crippen molar-refractivity contribution in [1.82, 2.24) is 5.32 Å². The van der Waals surface area contributed by atoms with Crippen LogP contribution < -0.4 is 5.32 Å². The van der Waals surface area contributed by atoms with E-state index in [0.717, 1.165) is 6.42 Å². The quantitative estimate of drug-likeness (QED) is 0.320. The number of carbonyl (C=O) groups excluding carboxylic acids is 1. The lowest BCUT2D eigenvalue weighted by molar-refractivity contribution is -0.118. The SMILES string of the molecule is CC(CCNC(=O)CSCC(O)CO)OCCOI. The Morgan fingerprint density at radius 1 is 1.47 bits per heavy atom. The zero-order valence-electron chi connectivity index (χ0n) is 11.0. The van der Waals surface area contributed by atoms with Gasteiger partial charge in [-0.2, -0.15) is 0 Å². The predicted octanol–water partition coefficient (Wildman–Crippen LogP) is 0.351. The molecule has 8 heteroatoms. The number of nitrogens with one attached hydrogen (secondary N) is 1. The first kappa shape index (κ1) is 19.4. The topological polar surface area (TPSA) is 88.0 Å². The molecule has 0 aliphatic heterocycles. The van der Waals surface area contributed by atoms with Crippen molar-refractivity contribution in [1.29, 1.82) is 0 Å². The van der Waals surface area contributed by atoms with Crippen LogP contribution in [0.25, 0.3) is 0 Å². The number of halogens is 1. The van der Waals surface area contributed by atoms with Gasteiger partial charge in [-0.3, -0.25) is 4.79 Å². The molecule has 0 spiro atoms. The molecule has 6 nitrogen and oxygen atoms in total. The second-order valence-corrected chi connectivity index (χ2v) is 5.64. The summed E-state index contributed by atoms with van der Waals surface area (Å²) in [6, 6.07) is 0. The third-order valence-electron chi connectivity index (χ3n) is 2.19. The van der Waals surface area contributed by atoms with Gasteiger partial charge in [0.15, 0.2) is 0 Å². The Kier molecular flexibility index (Phi) is 13.7. The highest BCUT2D eigenvalue weighted by molar-refractivity contribution is 14.1. The molecular weight excluding hydrogens is 385 g/mol. The van der Waals surface area contributed by atoms with E-state index < -0.39 is 6.10 Å². The lowest BCUT2D eigenvalue weighted by Gasteiger charge is -2.13. The average molecular weight is 407 g/mol. The van der Waals surface area contributed by atoms with Crippen molar-refractivity contribution in [3.05, 3.63) is 0 Å². The van der Waals surface area contributed by atoms with Crippen molar-refractivity contribution in [2.45, 2.75) is 25.6 Å². The Morgan fingerprint density at radius 3 is 2.84 bits per heavy atom. The Labute approximate surface area is 132 Å². The third-order valence-corrected chi connectivity index (χ3v) is 3.72. The highest BCUT2D eigenvalue weighted by atomic mass is 127. The lowest BCUT2D eigenvalue weighted by atomic mass is 10.3. The van der Waals surface area contributed by atoms with Crippen LogP contribution in [0.4, 0.5) is 0 Å². The highest BCUT2D eigenvalue weighted by Gasteiger charge is 2.07. The molecule has 0 aliphatic carbocycles. The van der Waals surface area contributed by atoms with E-state index >= 15 is 0 Å². The van der Waals surface area contributed by atoms with Crippen LogP contribution in [0.1, 0.15) is 13.3 Å². The van der Waals surface area contributed by atoms with Gasteiger partial charge in [0.05, 0.1) is 37.8 Å². The number of aliphatic hydroxyl groups is 2. The van der Waals surface area contributed by atoms with Crippen LogP contribution in [0.3, 0.4) is 0 Å². The van der Waals surface area contributed by atoms with E-state index in [-0.39, 0.29) is 24.4 Å².